The molecule has 0 bridgehead atoms. The number of hydrogen-bond acceptors (Lipinski definition) is 5. The third-order valence-corrected chi connectivity index (χ3v) is 4.70. The third kappa shape index (κ3) is 2.17. The molecule has 21 heavy (non-hydrogen) atoms. The second-order valence-electron chi connectivity index (χ2n) is 6.02. The van der Waals surface area contributed by atoms with Crippen LogP contribution in [0.3, 0.4) is 0 Å². The molecule has 5 nitrogen and oxygen atoms in total. The predicted octanol–water partition coefficient (Wildman–Crippen LogP) is 2.11. The Bertz CT molecular complexity index is 646. The minimum absolute atomic E-state index is 0.238. The van der Waals surface area contributed by atoms with Gasteiger partial charge in [0.2, 0.25) is 5.89 Å². The standard InChI is InChI=1S/C16H19N3O2/c17-16(7-9-20-10-8-16)15-18-14(19-21-15)13-6-5-11-3-1-2-4-12(11)13/h1-4,13H,5-10,17H2. The lowest BCUT2D eigenvalue weighted by Gasteiger charge is -2.29. The van der Waals surface area contributed by atoms with Crippen LogP contribution in [0, 0.1) is 0 Å². The molecule has 1 aliphatic carbocycles. The molecule has 110 valence electrons. The van der Waals surface area contributed by atoms with Crippen molar-refractivity contribution in [2.45, 2.75) is 37.1 Å². The molecule has 2 N–H and O–H groups in total. The fourth-order valence-corrected chi connectivity index (χ4v) is 3.35. The van der Waals surface area contributed by atoms with Crippen LogP contribution in [-0.2, 0) is 16.7 Å². The molecule has 0 amide bonds. The van der Waals surface area contributed by atoms with Gasteiger partial charge in [0.1, 0.15) is 5.54 Å². The van der Waals surface area contributed by atoms with Gasteiger partial charge in [-0.1, -0.05) is 29.4 Å². The highest BCUT2D eigenvalue weighted by atomic mass is 16.5. The molecule has 1 atom stereocenters. The monoisotopic (exact) mass is 285 g/mol. The summed E-state index contributed by atoms with van der Waals surface area (Å²) in [5.74, 6) is 1.57. The van der Waals surface area contributed by atoms with Crippen LogP contribution in [-0.4, -0.2) is 23.4 Å². The summed E-state index contributed by atoms with van der Waals surface area (Å²) in [7, 11) is 0. The summed E-state index contributed by atoms with van der Waals surface area (Å²) in [5, 5.41) is 4.21. The number of hydrogen-bond donors (Lipinski definition) is 1. The number of benzene rings is 1. The molecule has 1 aromatic carbocycles. The van der Waals surface area contributed by atoms with Crippen molar-refractivity contribution >= 4 is 0 Å². The van der Waals surface area contributed by atoms with Crippen molar-refractivity contribution in [3.05, 3.63) is 47.1 Å². The lowest BCUT2D eigenvalue weighted by molar-refractivity contribution is 0.0400. The SMILES string of the molecule is NC1(c2nc(C3CCc4ccccc43)no2)CCOCC1. The zero-order valence-electron chi connectivity index (χ0n) is 11.9. The van der Waals surface area contributed by atoms with E-state index in [4.69, 9.17) is 15.0 Å². The largest absolute Gasteiger partial charge is 0.381 e. The molecule has 5 heteroatoms. The molecule has 0 spiro atoms. The smallest absolute Gasteiger partial charge is 0.246 e. The van der Waals surface area contributed by atoms with E-state index in [-0.39, 0.29) is 5.92 Å². The first-order valence-electron chi connectivity index (χ1n) is 7.55. The molecule has 0 saturated carbocycles. The van der Waals surface area contributed by atoms with Crippen molar-refractivity contribution in [1.29, 1.82) is 0 Å². The van der Waals surface area contributed by atoms with Gasteiger partial charge < -0.3 is 15.0 Å². The summed E-state index contributed by atoms with van der Waals surface area (Å²) >= 11 is 0. The van der Waals surface area contributed by atoms with Gasteiger partial charge in [-0.05, 0) is 36.8 Å². The summed E-state index contributed by atoms with van der Waals surface area (Å²) in [6, 6.07) is 8.50. The highest BCUT2D eigenvalue weighted by molar-refractivity contribution is 5.38. The van der Waals surface area contributed by atoms with Gasteiger partial charge >= 0.3 is 0 Å². The molecular formula is C16H19N3O2. The number of nitrogens with zero attached hydrogens (tertiary/aromatic N) is 2. The second kappa shape index (κ2) is 4.93. The first-order chi connectivity index (χ1) is 10.3. The van der Waals surface area contributed by atoms with Crippen LogP contribution in [0.1, 0.15) is 48.0 Å². The van der Waals surface area contributed by atoms with Gasteiger partial charge in [-0.3, -0.25) is 0 Å². The molecule has 1 aromatic heterocycles. The number of ether oxygens (including phenoxy) is 1. The van der Waals surface area contributed by atoms with E-state index in [1.807, 2.05) is 0 Å². The van der Waals surface area contributed by atoms with E-state index < -0.39 is 5.54 Å². The minimum atomic E-state index is -0.526. The van der Waals surface area contributed by atoms with E-state index in [9.17, 15) is 0 Å². The fourth-order valence-electron chi connectivity index (χ4n) is 3.35. The van der Waals surface area contributed by atoms with Crippen LogP contribution in [0.15, 0.2) is 28.8 Å². The molecule has 1 unspecified atom stereocenters. The van der Waals surface area contributed by atoms with Crippen molar-refractivity contribution in [3.8, 4) is 0 Å². The van der Waals surface area contributed by atoms with Gasteiger partial charge in [0.15, 0.2) is 5.82 Å². The first kappa shape index (κ1) is 13.0. The Morgan fingerprint density at radius 3 is 2.86 bits per heavy atom. The lowest BCUT2D eigenvalue weighted by Crippen LogP contribution is -2.42. The van der Waals surface area contributed by atoms with E-state index in [0.717, 1.165) is 31.5 Å². The Balaban J connectivity index is 1.64. The van der Waals surface area contributed by atoms with Gasteiger partial charge in [-0.2, -0.15) is 4.98 Å². The number of fused-ring (bicyclic) bond motifs is 1. The molecule has 4 rings (SSSR count). The average Bonchev–Trinajstić information content (AvgIpc) is 3.15. The Morgan fingerprint density at radius 1 is 1.19 bits per heavy atom. The molecular weight excluding hydrogens is 266 g/mol. The molecule has 1 aliphatic heterocycles. The minimum Gasteiger partial charge on any atom is -0.381 e. The zero-order chi connectivity index (χ0) is 14.3. The second-order valence-corrected chi connectivity index (χ2v) is 6.02. The van der Waals surface area contributed by atoms with E-state index in [1.54, 1.807) is 0 Å². The number of rotatable bonds is 2. The van der Waals surface area contributed by atoms with Crippen LogP contribution in [0.2, 0.25) is 0 Å². The van der Waals surface area contributed by atoms with Crippen molar-refractivity contribution < 1.29 is 9.26 Å². The summed E-state index contributed by atoms with van der Waals surface area (Å²) in [6.45, 7) is 1.31. The molecule has 2 heterocycles. The molecule has 0 radical (unpaired) electrons. The highest BCUT2D eigenvalue weighted by Gasteiger charge is 2.37. The molecule has 1 fully saturated rings. The Morgan fingerprint density at radius 2 is 2.00 bits per heavy atom. The van der Waals surface area contributed by atoms with E-state index in [1.165, 1.54) is 11.1 Å². The number of nitrogens with two attached hydrogens (primary N) is 1. The maximum atomic E-state index is 6.41. The maximum absolute atomic E-state index is 6.41. The van der Waals surface area contributed by atoms with Crippen LogP contribution in [0.4, 0.5) is 0 Å². The third-order valence-electron chi connectivity index (χ3n) is 4.70. The summed E-state index contributed by atoms with van der Waals surface area (Å²) in [6.07, 6.45) is 3.58. The predicted molar refractivity (Wildman–Crippen MR) is 76.8 cm³/mol. The van der Waals surface area contributed by atoms with Crippen LogP contribution in [0.25, 0.3) is 0 Å². The summed E-state index contributed by atoms with van der Waals surface area (Å²) in [4.78, 5) is 4.63. The Labute approximate surface area is 123 Å². The Kier molecular flexibility index (Phi) is 3.05. The van der Waals surface area contributed by atoms with Gasteiger partial charge in [0.25, 0.3) is 0 Å². The van der Waals surface area contributed by atoms with Crippen molar-refractivity contribution in [3.63, 3.8) is 0 Å². The number of aromatic nitrogens is 2. The zero-order valence-corrected chi connectivity index (χ0v) is 11.9. The van der Waals surface area contributed by atoms with Crippen LogP contribution < -0.4 is 5.73 Å². The van der Waals surface area contributed by atoms with E-state index in [0.29, 0.717) is 19.1 Å². The van der Waals surface area contributed by atoms with Gasteiger partial charge in [0.05, 0.1) is 0 Å². The lowest BCUT2D eigenvalue weighted by atomic mass is 9.91. The summed E-state index contributed by atoms with van der Waals surface area (Å²) < 4.78 is 10.9. The van der Waals surface area contributed by atoms with Crippen molar-refractivity contribution in [2.75, 3.05) is 13.2 Å². The molecule has 2 aliphatic rings. The quantitative estimate of drug-likeness (QED) is 0.914. The van der Waals surface area contributed by atoms with Crippen LogP contribution in [0.5, 0.6) is 0 Å². The summed E-state index contributed by atoms with van der Waals surface area (Å²) in [5.41, 5.74) is 8.60. The van der Waals surface area contributed by atoms with Gasteiger partial charge in [-0.15, -0.1) is 0 Å². The highest BCUT2D eigenvalue weighted by Crippen LogP contribution is 2.37. The van der Waals surface area contributed by atoms with E-state index >= 15 is 0 Å². The van der Waals surface area contributed by atoms with Crippen molar-refractivity contribution in [1.82, 2.24) is 10.1 Å². The van der Waals surface area contributed by atoms with Crippen molar-refractivity contribution in [2.24, 2.45) is 5.73 Å². The fraction of sp³-hybridized carbons (Fsp3) is 0.500. The van der Waals surface area contributed by atoms with E-state index in [2.05, 4.69) is 34.4 Å². The van der Waals surface area contributed by atoms with Gasteiger partial charge in [-0.25, -0.2) is 0 Å². The van der Waals surface area contributed by atoms with Gasteiger partial charge in [0, 0.05) is 19.1 Å². The van der Waals surface area contributed by atoms with Crippen LogP contribution >= 0.6 is 0 Å². The number of aryl methyl sites for hydroxylation is 1. The first-order valence-corrected chi connectivity index (χ1v) is 7.55. The molecule has 2 aromatic rings. The average molecular weight is 285 g/mol. The normalized spacial score (nSPS) is 24.0. The topological polar surface area (TPSA) is 74.2 Å². The molecule has 1 saturated heterocycles. The maximum Gasteiger partial charge on any atom is 0.246 e. The Hall–Kier alpha value is -1.72.